The van der Waals surface area contributed by atoms with Crippen LogP contribution in [0, 0.1) is 5.82 Å². The van der Waals surface area contributed by atoms with Crippen LogP contribution in [-0.2, 0) is 17.8 Å². The molecule has 0 fully saturated rings. The number of pyridine rings is 2. The minimum Gasteiger partial charge on any atom is -0.487 e. The van der Waals surface area contributed by atoms with Gasteiger partial charge < -0.3 is 15.2 Å². The summed E-state index contributed by atoms with van der Waals surface area (Å²) in [4.78, 5) is 33.1. The highest BCUT2D eigenvalue weighted by Gasteiger charge is 2.22. The summed E-state index contributed by atoms with van der Waals surface area (Å²) in [6, 6.07) is 23.0. The third-order valence-corrected chi connectivity index (χ3v) is 5.93. The van der Waals surface area contributed by atoms with E-state index in [9.17, 15) is 19.1 Å². The molecule has 1 atom stereocenters. The largest absolute Gasteiger partial charge is 0.487 e. The fourth-order valence-electron chi connectivity index (χ4n) is 3.97. The molecule has 8 heteroatoms. The number of hydrogen-bond donors (Lipinski definition) is 2. The van der Waals surface area contributed by atoms with Crippen LogP contribution in [0.5, 0.6) is 5.75 Å². The number of aromatic nitrogens is 2. The number of halogens is 1. The van der Waals surface area contributed by atoms with Crippen molar-refractivity contribution < 1.29 is 23.8 Å². The van der Waals surface area contributed by atoms with Gasteiger partial charge in [0.15, 0.2) is 0 Å². The highest BCUT2D eigenvalue weighted by atomic mass is 19.1. The Kier molecular flexibility index (Phi) is 6.72. The molecule has 2 aromatic heterocycles. The molecule has 0 saturated carbocycles. The quantitative estimate of drug-likeness (QED) is 0.317. The summed E-state index contributed by atoms with van der Waals surface area (Å²) in [6.45, 7) is 0.193. The first-order valence-corrected chi connectivity index (χ1v) is 11.6. The molecular formula is C29H22FN3O4. The van der Waals surface area contributed by atoms with Crippen molar-refractivity contribution in [2.24, 2.45) is 0 Å². The minimum absolute atomic E-state index is 0.0900. The normalized spacial score (nSPS) is 11.8. The maximum absolute atomic E-state index is 13.5. The fourth-order valence-corrected chi connectivity index (χ4v) is 3.97. The lowest BCUT2D eigenvalue weighted by Gasteiger charge is -2.15. The average Bonchev–Trinajstić information content (AvgIpc) is 2.91. The molecule has 2 heterocycles. The molecule has 1 amide bonds. The topological polar surface area (TPSA) is 101 Å². The molecule has 5 aromatic rings. The van der Waals surface area contributed by atoms with E-state index in [4.69, 9.17) is 4.74 Å². The van der Waals surface area contributed by atoms with Gasteiger partial charge in [0.25, 0.3) is 5.91 Å². The summed E-state index contributed by atoms with van der Waals surface area (Å²) in [5, 5.41) is 14.8. The lowest BCUT2D eigenvalue weighted by atomic mass is 10.1. The van der Waals surface area contributed by atoms with E-state index in [1.807, 2.05) is 36.4 Å². The van der Waals surface area contributed by atoms with Gasteiger partial charge in [-0.1, -0.05) is 42.5 Å². The molecule has 0 bridgehead atoms. The van der Waals surface area contributed by atoms with E-state index in [1.165, 1.54) is 12.1 Å². The Morgan fingerprint density at radius 1 is 0.919 bits per heavy atom. The number of ether oxygens (including phenoxy) is 1. The Morgan fingerprint density at radius 2 is 1.68 bits per heavy atom. The van der Waals surface area contributed by atoms with Crippen molar-refractivity contribution in [3.8, 4) is 5.75 Å². The van der Waals surface area contributed by atoms with Crippen molar-refractivity contribution in [1.29, 1.82) is 0 Å². The first kappa shape index (κ1) is 23.9. The number of nitrogens with one attached hydrogen (secondary N) is 1. The van der Waals surface area contributed by atoms with Gasteiger partial charge in [0.2, 0.25) is 0 Å². The third kappa shape index (κ3) is 5.70. The molecule has 1 unspecified atom stereocenters. The molecule has 0 aliphatic rings. The van der Waals surface area contributed by atoms with E-state index in [0.717, 1.165) is 16.2 Å². The lowest BCUT2D eigenvalue weighted by Crippen LogP contribution is -2.42. The SMILES string of the molecule is O=C(NC(Cc1ccc(OCc2ccc3ccc(F)cc3n2)cc1)C(=O)O)c1cc2ccccc2cn1. The number of nitrogens with zero attached hydrogens (tertiary/aromatic N) is 2. The molecule has 0 aliphatic heterocycles. The number of rotatable bonds is 8. The molecule has 184 valence electrons. The standard InChI is InChI=1S/C29H22FN3O4/c30-22-9-7-19-8-10-23(32-25(19)15-22)17-37-24-11-5-18(6-12-24)13-27(29(35)36)33-28(34)26-14-20-3-1-2-4-21(20)16-31-26/h1-12,14-16,27H,13,17H2,(H,33,34)(H,35,36). The van der Waals surface area contributed by atoms with Crippen LogP contribution in [0.1, 0.15) is 21.7 Å². The Labute approximate surface area is 211 Å². The van der Waals surface area contributed by atoms with E-state index >= 15 is 0 Å². The van der Waals surface area contributed by atoms with Gasteiger partial charge in [0.05, 0.1) is 11.2 Å². The van der Waals surface area contributed by atoms with Gasteiger partial charge in [-0.25, -0.2) is 14.2 Å². The Hall–Kier alpha value is -4.85. The fraction of sp³-hybridized carbons (Fsp3) is 0.103. The first-order chi connectivity index (χ1) is 17.9. The van der Waals surface area contributed by atoms with Gasteiger partial charge in [-0.3, -0.25) is 9.78 Å². The van der Waals surface area contributed by atoms with Crippen LogP contribution in [0.3, 0.4) is 0 Å². The van der Waals surface area contributed by atoms with E-state index in [2.05, 4.69) is 15.3 Å². The van der Waals surface area contributed by atoms with Crippen molar-refractivity contribution >= 4 is 33.6 Å². The number of aliphatic carboxylic acids is 1. The predicted octanol–water partition coefficient (Wildman–Crippen LogP) is 4.93. The maximum atomic E-state index is 13.5. The number of carbonyl (C=O) groups excluding carboxylic acids is 1. The zero-order valence-electron chi connectivity index (χ0n) is 19.6. The summed E-state index contributed by atoms with van der Waals surface area (Å²) in [6.07, 6.45) is 1.68. The molecule has 0 saturated heterocycles. The van der Waals surface area contributed by atoms with Gasteiger partial charge in [0, 0.05) is 29.5 Å². The van der Waals surface area contributed by atoms with Gasteiger partial charge in [-0.05, 0) is 47.3 Å². The summed E-state index contributed by atoms with van der Waals surface area (Å²) < 4.78 is 19.3. The van der Waals surface area contributed by atoms with Crippen molar-refractivity contribution in [2.75, 3.05) is 0 Å². The van der Waals surface area contributed by atoms with Crippen LogP contribution >= 0.6 is 0 Å². The predicted molar refractivity (Wildman–Crippen MR) is 137 cm³/mol. The molecule has 3 aromatic carbocycles. The van der Waals surface area contributed by atoms with Gasteiger partial charge in [-0.2, -0.15) is 0 Å². The number of benzene rings is 3. The second kappa shape index (κ2) is 10.4. The molecular weight excluding hydrogens is 473 g/mol. The molecule has 5 rings (SSSR count). The minimum atomic E-state index is -1.15. The zero-order chi connectivity index (χ0) is 25.8. The van der Waals surface area contributed by atoms with Gasteiger partial charge in [0.1, 0.15) is 29.9 Å². The molecule has 0 radical (unpaired) electrons. The number of carboxylic acids is 1. The summed E-state index contributed by atoms with van der Waals surface area (Å²) in [7, 11) is 0. The number of carboxylic acid groups (broad SMARTS) is 1. The van der Waals surface area contributed by atoms with E-state index in [0.29, 0.717) is 22.5 Å². The number of amides is 1. The van der Waals surface area contributed by atoms with Crippen molar-refractivity contribution in [1.82, 2.24) is 15.3 Å². The second-order valence-electron chi connectivity index (χ2n) is 8.56. The zero-order valence-corrected chi connectivity index (χ0v) is 19.6. The van der Waals surface area contributed by atoms with Crippen LogP contribution in [0.4, 0.5) is 4.39 Å². The van der Waals surface area contributed by atoms with Crippen molar-refractivity contribution in [3.05, 3.63) is 114 Å². The smallest absolute Gasteiger partial charge is 0.326 e. The average molecular weight is 496 g/mol. The van der Waals surface area contributed by atoms with E-state index < -0.39 is 17.9 Å². The van der Waals surface area contributed by atoms with Crippen LogP contribution < -0.4 is 10.1 Å². The molecule has 37 heavy (non-hydrogen) atoms. The van der Waals surface area contributed by atoms with Crippen LogP contribution in [-0.4, -0.2) is 33.0 Å². The summed E-state index contributed by atoms with van der Waals surface area (Å²) in [5.74, 6) is -1.48. The van der Waals surface area contributed by atoms with Gasteiger partial charge >= 0.3 is 5.97 Å². The van der Waals surface area contributed by atoms with Gasteiger partial charge in [-0.15, -0.1) is 0 Å². The molecule has 0 spiro atoms. The van der Waals surface area contributed by atoms with Crippen molar-refractivity contribution in [2.45, 2.75) is 19.1 Å². The highest BCUT2D eigenvalue weighted by molar-refractivity contribution is 5.98. The van der Waals surface area contributed by atoms with Crippen LogP contribution in [0.15, 0.2) is 91.1 Å². The Bertz CT molecular complexity index is 1600. The molecule has 7 nitrogen and oxygen atoms in total. The Morgan fingerprint density at radius 3 is 2.46 bits per heavy atom. The molecule has 0 aliphatic carbocycles. The van der Waals surface area contributed by atoms with E-state index in [-0.39, 0.29) is 24.5 Å². The van der Waals surface area contributed by atoms with Crippen LogP contribution in [0.25, 0.3) is 21.7 Å². The van der Waals surface area contributed by atoms with Crippen LogP contribution in [0.2, 0.25) is 0 Å². The first-order valence-electron chi connectivity index (χ1n) is 11.6. The molecule has 2 N–H and O–H groups in total. The second-order valence-corrected chi connectivity index (χ2v) is 8.56. The van der Waals surface area contributed by atoms with Crippen molar-refractivity contribution in [3.63, 3.8) is 0 Å². The monoisotopic (exact) mass is 495 g/mol. The number of fused-ring (bicyclic) bond motifs is 2. The lowest BCUT2D eigenvalue weighted by molar-refractivity contribution is -0.139. The summed E-state index contributed by atoms with van der Waals surface area (Å²) in [5.41, 5.74) is 2.07. The number of hydrogen-bond acceptors (Lipinski definition) is 5. The maximum Gasteiger partial charge on any atom is 0.326 e. The highest BCUT2D eigenvalue weighted by Crippen LogP contribution is 2.18. The third-order valence-electron chi connectivity index (χ3n) is 5.93. The Balaban J connectivity index is 1.21. The van der Waals surface area contributed by atoms with E-state index in [1.54, 1.807) is 42.6 Å². The number of carbonyl (C=O) groups is 2. The summed E-state index contributed by atoms with van der Waals surface area (Å²) >= 11 is 0.